The van der Waals surface area contributed by atoms with Crippen molar-refractivity contribution in [2.45, 2.75) is 19.3 Å². The van der Waals surface area contributed by atoms with Crippen molar-refractivity contribution < 1.29 is 4.42 Å². The maximum atomic E-state index is 7.02. The maximum absolute atomic E-state index is 7.02. The minimum atomic E-state index is -0.252. The molecule has 0 saturated heterocycles. The van der Waals surface area contributed by atoms with Crippen molar-refractivity contribution >= 4 is 39.0 Å². The van der Waals surface area contributed by atoms with Crippen molar-refractivity contribution in [3.8, 4) is 55.6 Å². The van der Waals surface area contributed by atoms with E-state index in [1.807, 2.05) is 0 Å². The van der Waals surface area contributed by atoms with E-state index in [9.17, 15) is 0 Å². The number of benzene rings is 9. The average Bonchev–Trinajstić information content (AvgIpc) is 3.80. The molecule has 2 nitrogen and oxygen atoms in total. The van der Waals surface area contributed by atoms with Gasteiger partial charge in [-0.2, -0.15) is 0 Å². The van der Waals surface area contributed by atoms with Crippen LogP contribution in [0.15, 0.2) is 217 Å². The van der Waals surface area contributed by atoms with E-state index in [1.54, 1.807) is 0 Å². The van der Waals surface area contributed by atoms with Crippen molar-refractivity contribution in [3.05, 3.63) is 223 Å². The molecule has 1 aromatic heterocycles. The Kier molecular flexibility index (Phi) is 8.20. The summed E-state index contributed by atoms with van der Waals surface area (Å²) in [5.41, 5.74) is 19.3. The third-order valence-corrected chi connectivity index (χ3v) is 12.3. The quantitative estimate of drug-likeness (QED) is 0.161. The molecule has 0 N–H and O–H groups in total. The van der Waals surface area contributed by atoms with E-state index in [0.29, 0.717) is 0 Å². The Morgan fingerprint density at radius 2 is 0.932 bits per heavy atom. The zero-order chi connectivity index (χ0) is 39.5. The lowest BCUT2D eigenvalue weighted by Crippen LogP contribution is -2.17. The fourth-order valence-corrected chi connectivity index (χ4v) is 9.42. The third kappa shape index (κ3) is 5.71. The van der Waals surface area contributed by atoms with E-state index in [0.717, 1.165) is 55.7 Å². The first-order valence-electron chi connectivity index (χ1n) is 20.4. The summed E-state index contributed by atoms with van der Waals surface area (Å²) in [7, 11) is 0. The molecule has 59 heavy (non-hydrogen) atoms. The van der Waals surface area contributed by atoms with Crippen LogP contribution in [0.4, 0.5) is 17.1 Å². The van der Waals surface area contributed by atoms with E-state index in [4.69, 9.17) is 4.42 Å². The van der Waals surface area contributed by atoms with Gasteiger partial charge in [-0.25, -0.2) is 0 Å². The van der Waals surface area contributed by atoms with Gasteiger partial charge in [-0.1, -0.05) is 190 Å². The van der Waals surface area contributed by atoms with Crippen LogP contribution in [0.25, 0.3) is 77.6 Å². The van der Waals surface area contributed by atoms with Crippen LogP contribution in [0.2, 0.25) is 0 Å². The fraction of sp³-hybridized carbons (Fsp3) is 0.0526. The number of para-hydroxylation sites is 1. The molecular formula is C57H41NO. The van der Waals surface area contributed by atoms with Crippen LogP contribution in [0.5, 0.6) is 0 Å². The third-order valence-electron chi connectivity index (χ3n) is 12.3. The van der Waals surface area contributed by atoms with E-state index in [-0.39, 0.29) is 5.41 Å². The second kappa shape index (κ2) is 13.9. The minimum Gasteiger partial charge on any atom is -0.454 e. The van der Waals surface area contributed by atoms with Gasteiger partial charge in [0.2, 0.25) is 0 Å². The van der Waals surface area contributed by atoms with Gasteiger partial charge in [-0.15, -0.1) is 0 Å². The van der Waals surface area contributed by atoms with Crippen LogP contribution in [0.3, 0.4) is 0 Å². The van der Waals surface area contributed by atoms with E-state index in [1.165, 1.54) is 50.1 Å². The summed E-state index contributed by atoms with van der Waals surface area (Å²) in [4.78, 5) is 2.43. The van der Waals surface area contributed by atoms with Gasteiger partial charge in [0.15, 0.2) is 5.58 Å². The molecule has 0 atom stereocenters. The molecule has 0 unspecified atom stereocenters. The first kappa shape index (κ1) is 34.8. The average molecular weight is 756 g/mol. The van der Waals surface area contributed by atoms with E-state index >= 15 is 0 Å². The molecule has 1 aliphatic rings. The highest BCUT2D eigenvalue weighted by Crippen LogP contribution is 2.56. The molecule has 0 radical (unpaired) electrons. The van der Waals surface area contributed by atoms with Crippen LogP contribution in [-0.4, -0.2) is 0 Å². The number of anilines is 3. The molecular weight excluding hydrogens is 715 g/mol. The second-order valence-corrected chi connectivity index (χ2v) is 16.0. The highest BCUT2D eigenvalue weighted by molar-refractivity contribution is 6.16. The smallest absolute Gasteiger partial charge is 0.159 e. The SMILES string of the molecule is CC1(C)c2cc(N(c3ccc(-c4ccccc4)cc3)c3cccc4c3oc3cccc(-c5ccccc5)c34)c(-c3ccccc3)cc2-c2c(-c3ccccc3)cccc21. The Morgan fingerprint density at radius 1 is 0.390 bits per heavy atom. The molecule has 2 heteroatoms. The Labute approximate surface area is 345 Å². The number of hydrogen-bond acceptors (Lipinski definition) is 2. The largest absolute Gasteiger partial charge is 0.454 e. The van der Waals surface area contributed by atoms with Crippen molar-refractivity contribution in [1.29, 1.82) is 0 Å². The summed E-state index contributed by atoms with van der Waals surface area (Å²) in [5, 5.41) is 2.21. The number of furan rings is 1. The molecule has 0 spiro atoms. The highest BCUT2D eigenvalue weighted by atomic mass is 16.3. The topological polar surface area (TPSA) is 16.4 Å². The number of nitrogens with zero attached hydrogens (tertiary/aromatic N) is 1. The van der Waals surface area contributed by atoms with Gasteiger partial charge in [0, 0.05) is 27.4 Å². The van der Waals surface area contributed by atoms with Crippen molar-refractivity contribution in [2.75, 3.05) is 4.90 Å². The first-order valence-corrected chi connectivity index (χ1v) is 20.4. The predicted octanol–water partition coefficient (Wildman–Crippen LogP) is 16.0. The summed E-state index contributed by atoms with van der Waals surface area (Å²) in [6.45, 7) is 4.75. The lowest BCUT2D eigenvalue weighted by atomic mass is 9.81. The van der Waals surface area contributed by atoms with Crippen LogP contribution >= 0.6 is 0 Å². The van der Waals surface area contributed by atoms with Crippen LogP contribution in [0.1, 0.15) is 25.0 Å². The molecule has 1 aliphatic carbocycles. The minimum absolute atomic E-state index is 0.252. The van der Waals surface area contributed by atoms with E-state index in [2.05, 4.69) is 231 Å². The van der Waals surface area contributed by atoms with Gasteiger partial charge in [0.25, 0.3) is 0 Å². The Morgan fingerprint density at radius 3 is 1.59 bits per heavy atom. The van der Waals surface area contributed by atoms with Crippen molar-refractivity contribution in [2.24, 2.45) is 0 Å². The monoisotopic (exact) mass is 755 g/mol. The molecule has 0 aliphatic heterocycles. The molecule has 11 rings (SSSR count). The normalized spacial score (nSPS) is 12.7. The van der Waals surface area contributed by atoms with Gasteiger partial charge in [-0.3, -0.25) is 0 Å². The Bertz CT molecular complexity index is 3150. The molecule has 0 fully saturated rings. The lowest BCUT2D eigenvalue weighted by molar-refractivity contribution is 0.660. The van der Waals surface area contributed by atoms with Gasteiger partial charge in [0.05, 0.1) is 11.4 Å². The van der Waals surface area contributed by atoms with Gasteiger partial charge < -0.3 is 9.32 Å². The summed E-state index contributed by atoms with van der Waals surface area (Å²) >= 11 is 0. The van der Waals surface area contributed by atoms with Crippen LogP contribution in [-0.2, 0) is 5.41 Å². The lowest BCUT2D eigenvalue weighted by Gasteiger charge is -2.30. The molecule has 280 valence electrons. The van der Waals surface area contributed by atoms with Gasteiger partial charge in [0.1, 0.15) is 5.58 Å². The summed E-state index contributed by atoms with van der Waals surface area (Å²) < 4.78 is 7.02. The zero-order valence-corrected chi connectivity index (χ0v) is 33.1. The Balaban J connectivity index is 1.20. The van der Waals surface area contributed by atoms with Gasteiger partial charge >= 0.3 is 0 Å². The molecule has 0 saturated carbocycles. The van der Waals surface area contributed by atoms with Crippen molar-refractivity contribution in [3.63, 3.8) is 0 Å². The highest BCUT2D eigenvalue weighted by Gasteiger charge is 2.39. The summed E-state index contributed by atoms with van der Waals surface area (Å²) in [5.74, 6) is 0. The second-order valence-electron chi connectivity index (χ2n) is 16.0. The fourth-order valence-electron chi connectivity index (χ4n) is 9.42. The van der Waals surface area contributed by atoms with Crippen molar-refractivity contribution in [1.82, 2.24) is 0 Å². The number of rotatable bonds is 7. The number of fused-ring (bicyclic) bond motifs is 6. The number of hydrogen-bond donors (Lipinski definition) is 0. The Hall–Kier alpha value is -7.42. The molecule has 1 heterocycles. The molecule has 0 bridgehead atoms. The van der Waals surface area contributed by atoms with Crippen LogP contribution < -0.4 is 4.90 Å². The standard InChI is InChI=1S/C57H41NO/c1-57(2)49-29-15-26-44(40-20-9-4-10-21-40)54(49)48-36-47(42-24-13-6-14-25-42)52(37-50(48)57)58(43-34-32-39(33-35-43)38-18-7-3-8-19-38)51-30-16-28-46-55-45(41-22-11-5-12-23-41)27-17-31-53(55)59-56(46)51/h3-37H,1-2H3. The molecule has 9 aromatic carbocycles. The van der Waals surface area contributed by atoms with E-state index < -0.39 is 0 Å². The first-order chi connectivity index (χ1) is 29.0. The summed E-state index contributed by atoms with van der Waals surface area (Å²) in [6.07, 6.45) is 0. The molecule has 0 amide bonds. The summed E-state index contributed by atoms with van der Waals surface area (Å²) in [6, 6.07) is 76.7. The predicted molar refractivity (Wildman–Crippen MR) is 248 cm³/mol. The van der Waals surface area contributed by atoms with Gasteiger partial charge in [-0.05, 0) is 97.6 Å². The van der Waals surface area contributed by atoms with Crippen LogP contribution in [0, 0.1) is 0 Å². The maximum Gasteiger partial charge on any atom is 0.159 e. The zero-order valence-electron chi connectivity index (χ0n) is 33.1. The molecule has 10 aromatic rings.